The van der Waals surface area contributed by atoms with Gasteiger partial charge in [-0.2, -0.15) is 0 Å². The predicted octanol–water partition coefficient (Wildman–Crippen LogP) is 1.76. The van der Waals surface area contributed by atoms with Gasteiger partial charge in [0.25, 0.3) is 5.69 Å². The standard InChI is InChI=1S/C16H21N3O4/c1-4-5-6-17-7-9-18(10-8-17)13-11-15(22-2)16(23-3)12-14(13)19(20)21/h1,11-12H,5-10H2,2-3H3. The van der Waals surface area contributed by atoms with E-state index in [0.717, 1.165) is 26.1 Å². The fraction of sp³-hybridized carbons (Fsp3) is 0.500. The van der Waals surface area contributed by atoms with Gasteiger partial charge in [-0.05, 0) is 0 Å². The molecular formula is C16H21N3O4. The van der Waals surface area contributed by atoms with Crippen molar-refractivity contribution in [3.05, 3.63) is 22.2 Å². The van der Waals surface area contributed by atoms with Crippen molar-refractivity contribution < 1.29 is 14.4 Å². The maximum Gasteiger partial charge on any atom is 0.296 e. The van der Waals surface area contributed by atoms with Crippen LogP contribution in [-0.4, -0.2) is 56.8 Å². The number of benzene rings is 1. The van der Waals surface area contributed by atoms with Crippen LogP contribution >= 0.6 is 0 Å². The maximum atomic E-state index is 11.4. The number of methoxy groups -OCH3 is 2. The number of piperazine rings is 1. The summed E-state index contributed by atoms with van der Waals surface area (Å²) in [6.07, 6.45) is 6.01. The number of nitro groups is 1. The number of anilines is 1. The molecule has 1 aromatic carbocycles. The molecule has 0 radical (unpaired) electrons. The van der Waals surface area contributed by atoms with Gasteiger partial charge >= 0.3 is 0 Å². The molecule has 0 saturated carbocycles. The summed E-state index contributed by atoms with van der Waals surface area (Å²) in [7, 11) is 2.98. The van der Waals surface area contributed by atoms with Gasteiger partial charge in [-0.15, -0.1) is 12.3 Å². The van der Waals surface area contributed by atoms with Crippen LogP contribution in [-0.2, 0) is 0 Å². The van der Waals surface area contributed by atoms with E-state index in [1.165, 1.54) is 20.3 Å². The number of terminal acetylenes is 1. The zero-order valence-electron chi connectivity index (χ0n) is 13.4. The van der Waals surface area contributed by atoms with Crippen LogP contribution in [0.3, 0.4) is 0 Å². The lowest BCUT2D eigenvalue weighted by molar-refractivity contribution is -0.384. The van der Waals surface area contributed by atoms with Gasteiger partial charge in [-0.25, -0.2) is 0 Å². The number of rotatable bonds is 6. The summed E-state index contributed by atoms with van der Waals surface area (Å²) in [5, 5.41) is 11.4. The third-order valence-corrected chi connectivity index (χ3v) is 3.96. The Labute approximate surface area is 135 Å². The summed E-state index contributed by atoms with van der Waals surface area (Å²) >= 11 is 0. The minimum Gasteiger partial charge on any atom is -0.493 e. The van der Waals surface area contributed by atoms with E-state index >= 15 is 0 Å². The highest BCUT2D eigenvalue weighted by molar-refractivity contribution is 5.70. The Bertz CT molecular complexity index is 604. The average Bonchev–Trinajstić information content (AvgIpc) is 2.59. The van der Waals surface area contributed by atoms with Crippen LogP contribution in [0.4, 0.5) is 11.4 Å². The fourth-order valence-corrected chi connectivity index (χ4v) is 2.69. The Hall–Kier alpha value is -2.46. The molecular weight excluding hydrogens is 298 g/mol. The van der Waals surface area contributed by atoms with Crippen molar-refractivity contribution in [3.63, 3.8) is 0 Å². The normalized spacial score (nSPS) is 15.1. The highest BCUT2D eigenvalue weighted by Gasteiger charge is 2.26. The molecule has 1 aromatic rings. The first-order valence-corrected chi connectivity index (χ1v) is 7.42. The quantitative estimate of drug-likeness (QED) is 0.452. The zero-order valence-corrected chi connectivity index (χ0v) is 13.4. The second kappa shape index (κ2) is 7.70. The lowest BCUT2D eigenvalue weighted by Gasteiger charge is -2.35. The molecule has 1 aliphatic heterocycles. The SMILES string of the molecule is C#CCCN1CCN(c2cc(OC)c(OC)cc2[N+](=O)[O-])CC1. The largest absolute Gasteiger partial charge is 0.493 e. The van der Waals surface area contributed by atoms with Crippen molar-refractivity contribution in [2.24, 2.45) is 0 Å². The van der Waals surface area contributed by atoms with E-state index in [1.807, 2.05) is 4.90 Å². The molecule has 0 spiro atoms. The van der Waals surface area contributed by atoms with Gasteiger partial charge in [-0.3, -0.25) is 15.0 Å². The molecule has 0 bridgehead atoms. The van der Waals surface area contributed by atoms with Crippen molar-refractivity contribution in [3.8, 4) is 23.8 Å². The number of ether oxygens (including phenoxy) is 2. The lowest BCUT2D eigenvalue weighted by Crippen LogP contribution is -2.46. The molecule has 1 aliphatic rings. The summed E-state index contributed by atoms with van der Waals surface area (Å²) in [6, 6.07) is 3.09. The highest BCUT2D eigenvalue weighted by atomic mass is 16.6. The van der Waals surface area contributed by atoms with E-state index in [0.29, 0.717) is 30.3 Å². The van der Waals surface area contributed by atoms with Crippen LogP contribution in [0.2, 0.25) is 0 Å². The Balaban J connectivity index is 2.22. The Morgan fingerprint density at radius 3 is 2.35 bits per heavy atom. The van der Waals surface area contributed by atoms with E-state index in [-0.39, 0.29) is 10.6 Å². The van der Waals surface area contributed by atoms with Crippen LogP contribution in [0.5, 0.6) is 11.5 Å². The zero-order chi connectivity index (χ0) is 16.8. The van der Waals surface area contributed by atoms with Crippen molar-refractivity contribution in [2.45, 2.75) is 6.42 Å². The van der Waals surface area contributed by atoms with Gasteiger partial charge < -0.3 is 14.4 Å². The minimum absolute atomic E-state index is 0.0275. The first kappa shape index (κ1) is 16.9. The van der Waals surface area contributed by atoms with Crippen molar-refractivity contribution >= 4 is 11.4 Å². The molecule has 2 rings (SSSR count). The third-order valence-electron chi connectivity index (χ3n) is 3.96. The molecule has 23 heavy (non-hydrogen) atoms. The van der Waals surface area contributed by atoms with Gasteiger partial charge in [0.05, 0.1) is 25.2 Å². The molecule has 7 heteroatoms. The van der Waals surface area contributed by atoms with E-state index in [2.05, 4.69) is 10.8 Å². The summed E-state index contributed by atoms with van der Waals surface area (Å²) in [5.41, 5.74) is 0.587. The molecule has 0 amide bonds. The molecule has 0 aliphatic carbocycles. The van der Waals surface area contributed by atoms with Gasteiger partial charge in [0, 0.05) is 45.2 Å². The van der Waals surface area contributed by atoms with Gasteiger partial charge in [0.1, 0.15) is 5.69 Å². The van der Waals surface area contributed by atoms with E-state index in [4.69, 9.17) is 15.9 Å². The lowest BCUT2D eigenvalue weighted by atomic mass is 10.2. The second-order valence-electron chi connectivity index (χ2n) is 5.24. The molecule has 0 aromatic heterocycles. The molecule has 0 N–H and O–H groups in total. The first-order chi connectivity index (χ1) is 11.1. The molecule has 0 atom stereocenters. The van der Waals surface area contributed by atoms with Crippen LogP contribution in [0, 0.1) is 22.5 Å². The fourth-order valence-electron chi connectivity index (χ4n) is 2.69. The highest BCUT2D eigenvalue weighted by Crippen LogP contribution is 2.39. The molecule has 124 valence electrons. The third kappa shape index (κ3) is 3.85. The monoisotopic (exact) mass is 319 g/mol. The Morgan fingerprint density at radius 2 is 1.83 bits per heavy atom. The molecule has 1 heterocycles. The van der Waals surface area contributed by atoms with Crippen molar-refractivity contribution in [1.29, 1.82) is 0 Å². The van der Waals surface area contributed by atoms with Crippen molar-refractivity contribution in [1.82, 2.24) is 4.90 Å². The summed E-state index contributed by atoms with van der Waals surface area (Å²) < 4.78 is 10.4. The maximum absolute atomic E-state index is 11.4. The predicted molar refractivity (Wildman–Crippen MR) is 88.3 cm³/mol. The minimum atomic E-state index is -0.387. The van der Waals surface area contributed by atoms with Gasteiger partial charge in [0.15, 0.2) is 11.5 Å². The number of nitro benzene ring substituents is 1. The van der Waals surface area contributed by atoms with Crippen LogP contribution in [0.1, 0.15) is 6.42 Å². The number of nitrogens with zero attached hydrogens (tertiary/aromatic N) is 3. The smallest absolute Gasteiger partial charge is 0.296 e. The number of hydrogen-bond donors (Lipinski definition) is 0. The van der Waals surface area contributed by atoms with Crippen LogP contribution in [0.25, 0.3) is 0 Å². The topological polar surface area (TPSA) is 68.1 Å². The van der Waals surface area contributed by atoms with E-state index in [1.54, 1.807) is 6.07 Å². The van der Waals surface area contributed by atoms with E-state index in [9.17, 15) is 10.1 Å². The molecule has 0 unspecified atom stereocenters. The van der Waals surface area contributed by atoms with Crippen LogP contribution < -0.4 is 14.4 Å². The Morgan fingerprint density at radius 1 is 1.22 bits per heavy atom. The summed E-state index contributed by atoms with van der Waals surface area (Å²) in [5.74, 6) is 3.48. The second-order valence-corrected chi connectivity index (χ2v) is 5.24. The van der Waals surface area contributed by atoms with Crippen molar-refractivity contribution in [2.75, 3.05) is 51.8 Å². The molecule has 1 fully saturated rings. The Kier molecular flexibility index (Phi) is 5.66. The number of hydrogen-bond acceptors (Lipinski definition) is 6. The summed E-state index contributed by atoms with van der Waals surface area (Å²) in [6.45, 7) is 3.93. The van der Waals surface area contributed by atoms with Crippen LogP contribution in [0.15, 0.2) is 12.1 Å². The van der Waals surface area contributed by atoms with Gasteiger partial charge in [-0.1, -0.05) is 0 Å². The van der Waals surface area contributed by atoms with Gasteiger partial charge in [0.2, 0.25) is 0 Å². The average molecular weight is 319 g/mol. The molecule has 1 saturated heterocycles. The summed E-state index contributed by atoms with van der Waals surface area (Å²) in [4.78, 5) is 15.3. The first-order valence-electron chi connectivity index (χ1n) is 7.42. The molecule has 7 nitrogen and oxygen atoms in total. The van der Waals surface area contributed by atoms with E-state index < -0.39 is 0 Å².